The number of carbonyl (C=O) groups is 1. The largest absolute Gasteiger partial charge is 0.444 e. The van der Waals surface area contributed by atoms with Crippen LogP contribution in [0.4, 0.5) is 4.79 Å². The summed E-state index contributed by atoms with van der Waals surface area (Å²) in [6.07, 6.45) is 1.72. The van der Waals surface area contributed by atoms with Gasteiger partial charge in [0.2, 0.25) is 8.03 Å². The lowest BCUT2D eigenvalue weighted by Crippen LogP contribution is -2.38. The molecule has 0 saturated carbocycles. The van der Waals surface area contributed by atoms with Crippen LogP contribution in [0.1, 0.15) is 34.1 Å². The predicted octanol–water partition coefficient (Wildman–Crippen LogP) is 2.45. The average Bonchev–Trinajstić information content (AvgIpc) is 2.13. The molecule has 0 heterocycles. The van der Waals surface area contributed by atoms with E-state index in [1.54, 1.807) is 32.5 Å². The molecule has 3 unspecified atom stereocenters. The van der Waals surface area contributed by atoms with E-state index < -0.39 is 25.5 Å². The van der Waals surface area contributed by atoms with Crippen LogP contribution in [0.5, 0.6) is 0 Å². The fourth-order valence-corrected chi connectivity index (χ4v) is 2.45. The first-order chi connectivity index (χ1) is 7.65. The topological polar surface area (TPSA) is 75.6 Å². The molecule has 0 aliphatic heterocycles. The van der Waals surface area contributed by atoms with Crippen molar-refractivity contribution in [1.82, 2.24) is 5.32 Å². The minimum Gasteiger partial charge on any atom is -0.444 e. The predicted molar refractivity (Wildman–Crippen MR) is 72.0 cm³/mol. The highest BCUT2D eigenvalue weighted by Crippen LogP contribution is 2.27. The molecular formula is C10H22NO4PS. The van der Waals surface area contributed by atoms with E-state index in [0.29, 0.717) is 6.42 Å². The maximum atomic E-state index is 11.5. The normalized spacial score (nSPS) is 17.1. The molecule has 5 nitrogen and oxygen atoms in total. The van der Waals surface area contributed by atoms with Gasteiger partial charge in [-0.25, -0.2) is 4.79 Å². The van der Waals surface area contributed by atoms with Crippen LogP contribution in [0.15, 0.2) is 0 Å². The number of alkyl carbamates (subject to hydrolysis) is 1. The third kappa shape index (κ3) is 8.52. The van der Waals surface area contributed by atoms with Gasteiger partial charge >= 0.3 is 6.09 Å². The minimum atomic E-state index is -2.80. The van der Waals surface area contributed by atoms with Crippen LogP contribution in [0.2, 0.25) is 0 Å². The Hall–Kier alpha value is -0.190. The molecule has 0 aromatic rings. The van der Waals surface area contributed by atoms with E-state index >= 15 is 0 Å². The van der Waals surface area contributed by atoms with Crippen LogP contribution < -0.4 is 5.32 Å². The quantitative estimate of drug-likeness (QED) is 0.758. The van der Waals surface area contributed by atoms with Crippen LogP contribution in [0.3, 0.4) is 0 Å². The van der Waals surface area contributed by atoms with Gasteiger partial charge in [-0.05, 0) is 33.4 Å². The molecule has 7 heteroatoms. The Morgan fingerprint density at radius 3 is 2.41 bits per heavy atom. The highest BCUT2D eigenvalue weighted by atomic mass is 32.2. The number of carbonyl (C=O) groups excluding carboxylic acids is 1. The number of hydrogen-bond acceptors (Lipinski definition) is 4. The number of hydrogen-bond donors (Lipinski definition) is 2. The molecule has 0 rings (SSSR count). The Morgan fingerprint density at radius 2 is 2.06 bits per heavy atom. The number of thioether (sulfide) groups is 1. The second-order valence-electron chi connectivity index (χ2n) is 4.82. The number of ether oxygens (including phenoxy) is 1. The summed E-state index contributed by atoms with van der Waals surface area (Å²) >= 11 is 1.58. The van der Waals surface area contributed by atoms with Crippen molar-refractivity contribution in [2.45, 2.75) is 50.7 Å². The van der Waals surface area contributed by atoms with Crippen LogP contribution in [0, 0.1) is 0 Å². The van der Waals surface area contributed by atoms with Crippen molar-refractivity contribution in [3.63, 3.8) is 0 Å². The lowest BCUT2D eigenvalue weighted by atomic mass is 10.2. The molecule has 0 bridgehead atoms. The maximum absolute atomic E-state index is 11.5. The molecular weight excluding hydrogens is 261 g/mol. The third-order valence-electron chi connectivity index (χ3n) is 1.96. The fraction of sp³-hybridized carbons (Fsp3) is 0.900. The van der Waals surface area contributed by atoms with E-state index in [0.717, 1.165) is 0 Å². The summed E-state index contributed by atoms with van der Waals surface area (Å²) in [5.41, 5.74) is -0.606. The first-order valence-corrected chi connectivity index (χ1v) is 8.13. The van der Waals surface area contributed by atoms with Gasteiger partial charge in [-0.2, -0.15) is 11.8 Å². The lowest BCUT2D eigenvalue weighted by molar-refractivity contribution is 0.0517. The molecule has 17 heavy (non-hydrogen) atoms. The molecule has 2 N–H and O–H groups in total. The van der Waals surface area contributed by atoms with Crippen molar-refractivity contribution < 1.29 is 19.0 Å². The van der Waals surface area contributed by atoms with E-state index in [2.05, 4.69) is 5.32 Å². The molecule has 0 aromatic carbocycles. The standard InChI is InChI=1S/C10H22NO4PS/c1-7(17-5)6-8(16(13)14)11-9(12)15-10(2,3)4/h7-8,16H,6H2,1-5H3,(H,11,12)(H,13,14). The summed E-state index contributed by atoms with van der Waals surface area (Å²) in [4.78, 5) is 20.6. The van der Waals surface area contributed by atoms with Gasteiger partial charge in [0.25, 0.3) is 0 Å². The van der Waals surface area contributed by atoms with Crippen molar-refractivity contribution in [3.8, 4) is 0 Å². The zero-order valence-corrected chi connectivity index (χ0v) is 12.8. The van der Waals surface area contributed by atoms with Gasteiger partial charge in [0.1, 0.15) is 11.4 Å². The molecule has 0 spiro atoms. The van der Waals surface area contributed by atoms with E-state index in [9.17, 15) is 14.3 Å². The Balaban J connectivity index is 4.35. The number of nitrogens with one attached hydrogen (secondary N) is 1. The van der Waals surface area contributed by atoms with Gasteiger partial charge in [0.15, 0.2) is 0 Å². The van der Waals surface area contributed by atoms with Gasteiger partial charge in [-0.1, -0.05) is 6.92 Å². The molecule has 0 aliphatic rings. The zero-order chi connectivity index (χ0) is 13.6. The second kappa shape index (κ2) is 7.29. The molecule has 0 saturated heterocycles. The van der Waals surface area contributed by atoms with Gasteiger partial charge in [-0.15, -0.1) is 0 Å². The van der Waals surface area contributed by atoms with Crippen molar-refractivity contribution in [3.05, 3.63) is 0 Å². The second-order valence-corrected chi connectivity index (χ2v) is 7.47. The summed E-state index contributed by atoms with van der Waals surface area (Å²) in [6, 6.07) is 0. The zero-order valence-electron chi connectivity index (χ0n) is 10.9. The van der Waals surface area contributed by atoms with Crippen molar-refractivity contribution in [2.24, 2.45) is 0 Å². The summed E-state index contributed by atoms with van der Waals surface area (Å²) in [6.45, 7) is 7.18. The van der Waals surface area contributed by atoms with E-state index in [-0.39, 0.29) is 5.25 Å². The van der Waals surface area contributed by atoms with E-state index in [1.807, 2.05) is 13.2 Å². The van der Waals surface area contributed by atoms with Gasteiger partial charge in [0.05, 0.1) is 0 Å². The monoisotopic (exact) mass is 283 g/mol. The SMILES string of the molecule is CSC(C)CC(NC(=O)OC(C)(C)C)[PH](=O)O. The van der Waals surface area contributed by atoms with E-state index in [4.69, 9.17) is 4.74 Å². The Labute approximate surface area is 108 Å². The smallest absolute Gasteiger partial charge is 0.408 e. The fourth-order valence-electron chi connectivity index (χ4n) is 1.10. The van der Waals surface area contributed by atoms with Crippen molar-refractivity contribution >= 4 is 25.9 Å². The molecule has 102 valence electrons. The molecule has 0 radical (unpaired) electrons. The van der Waals surface area contributed by atoms with Gasteiger partial charge in [-0.3, -0.25) is 4.57 Å². The first-order valence-electron chi connectivity index (χ1n) is 5.41. The average molecular weight is 283 g/mol. The molecule has 1 amide bonds. The third-order valence-corrected chi connectivity index (χ3v) is 3.93. The van der Waals surface area contributed by atoms with Gasteiger partial charge in [0, 0.05) is 5.25 Å². The number of amides is 1. The molecule has 0 aromatic heterocycles. The lowest BCUT2D eigenvalue weighted by Gasteiger charge is -2.23. The number of rotatable bonds is 5. The highest BCUT2D eigenvalue weighted by Gasteiger charge is 2.23. The van der Waals surface area contributed by atoms with Crippen LogP contribution >= 0.6 is 19.8 Å². The first kappa shape index (κ1) is 16.8. The highest BCUT2D eigenvalue weighted by molar-refractivity contribution is 7.99. The maximum Gasteiger partial charge on any atom is 0.408 e. The molecule has 0 fully saturated rings. The Morgan fingerprint density at radius 1 is 1.53 bits per heavy atom. The van der Waals surface area contributed by atoms with Crippen LogP contribution in [0.25, 0.3) is 0 Å². The van der Waals surface area contributed by atoms with Crippen LogP contribution in [-0.4, -0.2) is 33.9 Å². The van der Waals surface area contributed by atoms with E-state index in [1.165, 1.54) is 0 Å². The van der Waals surface area contributed by atoms with Crippen molar-refractivity contribution in [2.75, 3.05) is 6.26 Å². The van der Waals surface area contributed by atoms with Crippen LogP contribution in [-0.2, 0) is 9.30 Å². The summed E-state index contributed by atoms with van der Waals surface area (Å²) in [5.74, 6) is -0.725. The Bertz CT molecular complexity index is 280. The summed E-state index contributed by atoms with van der Waals surface area (Å²) in [7, 11) is -2.80. The molecule has 3 atom stereocenters. The van der Waals surface area contributed by atoms with Gasteiger partial charge < -0.3 is 14.9 Å². The molecule has 0 aliphatic carbocycles. The summed E-state index contributed by atoms with van der Waals surface area (Å²) < 4.78 is 16.2. The van der Waals surface area contributed by atoms with Crippen molar-refractivity contribution in [1.29, 1.82) is 0 Å². The summed E-state index contributed by atoms with van der Waals surface area (Å²) in [5, 5.41) is 2.65. The Kier molecular flexibility index (Phi) is 7.21. The minimum absolute atomic E-state index is 0.205.